The van der Waals surface area contributed by atoms with Gasteiger partial charge in [0.15, 0.2) is 0 Å². The van der Waals surface area contributed by atoms with E-state index in [0.717, 1.165) is 33.6 Å². The van der Waals surface area contributed by atoms with E-state index in [1.165, 1.54) is 25.8 Å². The lowest BCUT2D eigenvalue weighted by molar-refractivity contribution is 0.259. The van der Waals surface area contributed by atoms with Crippen LogP contribution in [-0.4, -0.2) is 29.0 Å². The van der Waals surface area contributed by atoms with Crippen LogP contribution < -0.4 is 5.73 Å². The highest BCUT2D eigenvalue weighted by Gasteiger charge is 2.38. The highest BCUT2D eigenvalue weighted by atomic mass is 79.9. The molecule has 1 saturated heterocycles. The van der Waals surface area contributed by atoms with Crippen molar-refractivity contribution in [2.75, 3.05) is 13.1 Å². The highest BCUT2D eigenvalue weighted by molar-refractivity contribution is 9.11. The van der Waals surface area contributed by atoms with Gasteiger partial charge in [0, 0.05) is 40.8 Å². The average Bonchev–Trinajstić information content (AvgIpc) is 2.77. The third-order valence-corrected chi connectivity index (χ3v) is 5.61. The fourth-order valence-corrected chi connectivity index (χ4v) is 4.62. The molecule has 3 nitrogen and oxygen atoms in total. The summed E-state index contributed by atoms with van der Waals surface area (Å²) < 4.78 is 2.10. The van der Waals surface area contributed by atoms with E-state index in [9.17, 15) is 0 Å². The first-order valence-electron chi connectivity index (χ1n) is 6.91. The molecule has 19 heavy (non-hydrogen) atoms. The quantitative estimate of drug-likeness (QED) is 0.845. The Kier molecular flexibility index (Phi) is 4.27. The Morgan fingerprint density at radius 1 is 1.32 bits per heavy atom. The summed E-state index contributed by atoms with van der Waals surface area (Å²) in [6.45, 7) is 3.24. The minimum atomic E-state index is 0.407. The van der Waals surface area contributed by atoms with E-state index in [0.29, 0.717) is 12.0 Å². The van der Waals surface area contributed by atoms with Gasteiger partial charge in [0.05, 0.1) is 5.69 Å². The predicted octanol–water partition coefficient (Wildman–Crippen LogP) is 3.17. The normalized spacial score (nSPS) is 31.4. The van der Waals surface area contributed by atoms with Crippen LogP contribution in [0.1, 0.15) is 25.0 Å². The van der Waals surface area contributed by atoms with E-state index < -0.39 is 0 Å². The number of likely N-dealkylation sites (tertiary alicyclic amines) is 1. The molecule has 2 fully saturated rings. The largest absolute Gasteiger partial charge is 0.327 e. The smallest absolute Gasteiger partial charge is 0.0686 e. The van der Waals surface area contributed by atoms with Crippen LogP contribution in [-0.2, 0) is 6.54 Å². The van der Waals surface area contributed by atoms with Crippen LogP contribution in [0.5, 0.6) is 0 Å². The van der Waals surface area contributed by atoms with Crippen molar-refractivity contribution in [3.63, 3.8) is 0 Å². The maximum absolute atomic E-state index is 6.27. The zero-order valence-corrected chi connectivity index (χ0v) is 14.0. The molecule has 0 bridgehead atoms. The number of hydrogen-bond donors (Lipinski definition) is 1. The van der Waals surface area contributed by atoms with Gasteiger partial charge in [-0.05, 0) is 62.6 Å². The fourth-order valence-electron chi connectivity index (χ4n) is 3.51. The molecule has 1 aliphatic heterocycles. The van der Waals surface area contributed by atoms with Crippen LogP contribution in [0.25, 0.3) is 0 Å². The second kappa shape index (κ2) is 5.80. The molecule has 3 atom stereocenters. The SMILES string of the molecule is NC1CCCC2CN(Cc3ncc(Br)cc3Br)CC12. The second-order valence-electron chi connectivity index (χ2n) is 5.79. The lowest BCUT2D eigenvalue weighted by atomic mass is 9.78. The Bertz CT molecular complexity index is 466. The Morgan fingerprint density at radius 2 is 2.16 bits per heavy atom. The van der Waals surface area contributed by atoms with E-state index in [1.54, 1.807) is 0 Å². The minimum Gasteiger partial charge on any atom is -0.327 e. The van der Waals surface area contributed by atoms with Crippen molar-refractivity contribution in [1.29, 1.82) is 0 Å². The predicted molar refractivity (Wildman–Crippen MR) is 83.7 cm³/mol. The van der Waals surface area contributed by atoms with Gasteiger partial charge in [-0.1, -0.05) is 6.42 Å². The molecule has 1 aromatic heterocycles. The van der Waals surface area contributed by atoms with Gasteiger partial charge in [-0.15, -0.1) is 0 Å². The minimum absolute atomic E-state index is 0.407. The third-order valence-electron chi connectivity index (χ3n) is 4.49. The number of pyridine rings is 1. The lowest BCUT2D eigenvalue weighted by Crippen LogP contribution is -2.38. The van der Waals surface area contributed by atoms with Crippen molar-refractivity contribution in [3.8, 4) is 0 Å². The molecule has 0 spiro atoms. The molecule has 1 aliphatic carbocycles. The molecule has 2 heterocycles. The van der Waals surface area contributed by atoms with E-state index >= 15 is 0 Å². The van der Waals surface area contributed by atoms with Crippen LogP contribution in [0.15, 0.2) is 21.2 Å². The molecule has 5 heteroatoms. The second-order valence-corrected chi connectivity index (χ2v) is 7.56. The number of nitrogens with two attached hydrogens (primary N) is 1. The highest BCUT2D eigenvalue weighted by Crippen LogP contribution is 2.36. The molecular formula is C14H19Br2N3. The summed E-state index contributed by atoms with van der Waals surface area (Å²) in [5.74, 6) is 1.50. The van der Waals surface area contributed by atoms with Crippen LogP contribution in [0.4, 0.5) is 0 Å². The summed E-state index contributed by atoms with van der Waals surface area (Å²) in [4.78, 5) is 7.03. The van der Waals surface area contributed by atoms with Gasteiger partial charge in [-0.2, -0.15) is 0 Å². The van der Waals surface area contributed by atoms with Crippen molar-refractivity contribution < 1.29 is 0 Å². The van der Waals surface area contributed by atoms with E-state index in [-0.39, 0.29) is 0 Å². The molecule has 3 rings (SSSR count). The molecule has 2 N–H and O–H groups in total. The average molecular weight is 389 g/mol. The molecule has 0 amide bonds. The Labute approximate surface area is 131 Å². The zero-order valence-electron chi connectivity index (χ0n) is 10.9. The van der Waals surface area contributed by atoms with Crippen molar-refractivity contribution in [1.82, 2.24) is 9.88 Å². The summed E-state index contributed by atoms with van der Waals surface area (Å²) in [5.41, 5.74) is 7.39. The molecule has 2 aliphatic rings. The van der Waals surface area contributed by atoms with Crippen LogP contribution in [0.2, 0.25) is 0 Å². The Balaban J connectivity index is 1.68. The Hall–Kier alpha value is 0.0300. The van der Waals surface area contributed by atoms with E-state index in [4.69, 9.17) is 5.73 Å². The van der Waals surface area contributed by atoms with Crippen molar-refractivity contribution in [3.05, 3.63) is 26.9 Å². The van der Waals surface area contributed by atoms with Gasteiger partial charge in [-0.3, -0.25) is 9.88 Å². The van der Waals surface area contributed by atoms with Gasteiger partial charge in [0.25, 0.3) is 0 Å². The van der Waals surface area contributed by atoms with Crippen LogP contribution >= 0.6 is 31.9 Å². The van der Waals surface area contributed by atoms with Crippen LogP contribution in [0, 0.1) is 11.8 Å². The van der Waals surface area contributed by atoms with Gasteiger partial charge in [0.2, 0.25) is 0 Å². The number of nitrogens with zero attached hydrogens (tertiary/aromatic N) is 2. The topological polar surface area (TPSA) is 42.1 Å². The number of rotatable bonds is 2. The summed E-state index contributed by atoms with van der Waals surface area (Å²) in [5, 5.41) is 0. The first kappa shape index (κ1) is 14.0. The maximum atomic E-state index is 6.27. The number of fused-ring (bicyclic) bond motifs is 1. The summed E-state index contributed by atoms with van der Waals surface area (Å²) in [6.07, 6.45) is 5.73. The first-order valence-corrected chi connectivity index (χ1v) is 8.50. The van der Waals surface area contributed by atoms with Gasteiger partial charge < -0.3 is 5.73 Å². The van der Waals surface area contributed by atoms with Crippen LogP contribution in [0.3, 0.4) is 0 Å². The lowest BCUT2D eigenvalue weighted by Gasteiger charge is -2.29. The van der Waals surface area contributed by atoms with Gasteiger partial charge in [0.1, 0.15) is 0 Å². The zero-order chi connectivity index (χ0) is 13.4. The monoisotopic (exact) mass is 387 g/mol. The fraction of sp³-hybridized carbons (Fsp3) is 0.643. The standard InChI is InChI=1S/C14H19Br2N3/c15-10-4-12(16)14(18-5-10)8-19-6-9-2-1-3-13(17)11(9)7-19/h4-5,9,11,13H,1-3,6-8,17H2. The van der Waals surface area contributed by atoms with Crippen molar-refractivity contribution in [2.45, 2.75) is 31.8 Å². The first-order chi connectivity index (χ1) is 9.13. The number of aromatic nitrogens is 1. The molecule has 1 saturated carbocycles. The molecular weight excluding hydrogens is 370 g/mol. The molecule has 0 aromatic carbocycles. The molecule has 104 valence electrons. The summed E-state index contributed by atoms with van der Waals surface area (Å²) >= 11 is 7.04. The third kappa shape index (κ3) is 3.04. The van der Waals surface area contributed by atoms with Gasteiger partial charge >= 0.3 is 0 Å². The summed E-state index contributed by atoms with van der Waals surface area (Å²) in [6, 6.07) is 2.47. The van der Waals surface area contributed by atoms with Crippen molar-refractivity contribution >= 4 is 31.9 Å². The molecule has 1 aromatic rings. The Morgan fingerprint density at radius 3 is 2.89 bits per heavy atom. The summed E-state index contributed by atoms with van der Waals surface area (Å²) in [7, 11) is 0. The maximum Gasteiger partial charge on any atom is 0.0686 e. The van der Waals surface area contributed by atoms with E-state index in [2.05, 4.69) is 47.8 Å². The number of hydrogen-bond acceptors (Lipinski definition) is 3. The number of halogens is 2. The van der Waals surface area contributed by atoms with E-state index in [1.807, 2.05) is 6.20 Å². The van der Waals surface area contributed by atoms with Gasteiger partial charge in [-0.25, -0.2) is 0 Å². The molecule has 0 radical (unpaired) electrons. The molecule has 3 unspecified atom stereocenters. The van der Waals surface area contributed by atoms with Crippen molar-refractivity contribution in [2.24, 2.45) is 17.6 Å².